The molecule has 1 saturated carbocycles. The number of fused-ring (bicyclic) bond motifs is 1. The number of rotatable bonds is 5. The van der Waals surface area contributed by atoms with Gasteiger partial charge in [-0.15, -0.1) is 0 Å². The minimum atomic E-state index is -3.41. The largest absolute Gasteiger partial charge is 0.329 e. The second-order valence-electron chi connectivity index (χ2n) is 7.78. The molecule has 2 aromatic heterocycles. The number of carbonyl (C=O) groups is 2. The molecule has 0 aliphatic heterocycles. The number of aryl methyl sites for hydroxylation is 1. The Labute approximate surface area is 187 Å². The van der Waals surface area contributed by atoms with Crippen LogP contribution in [0.2, 0.25) is 0 Å². The van der Waals surface area contributed by atoms with E-state index in [2.05, 4.69) is 20.8 Å². The van der Waals surface area contributed by atoms with Gasteiger partial charge in [0.25, 0.3) is 17.4 Å². The molecule has 172 valence electrons. The van der Waals surface area contributed by atoms with Crippen LogP contribution in [0.15, 0.2) is 44.8 Å². The number of H-pyrrole nitrogens is 1. The summed E-state index contributed by atoms with van der Waals surface area (Å²) in [6.07, 6.45) is 2.83. The lowest BCUT2D eigenvalue weighted by atomic mass is 10.1. The Bertz CT molecular complexity index is 1500. The van der Waals surface area contributed by atoms with E-state index in [0.717, 1.165) is 19.1 Å². The Morgan fingerprint density at radius 3 is 2.33 bits per heavy atom. The smallest absolute Gasteiger partial charge is 0.278 e. The molecule has 2 heterocycles. The Balaban J connectivity index is 1.65. The number of hydrogen-bond donors (Lipinski definition) is 3. The second kappa shape index (κ2) is 8.28. The maximum Gasteiger partial charge on any atom is 0.329 e. The highest BCUT2D eigenvalue weighted by Crippen LogP contribution is 2.39. The number of carbonyl (C=O) groups excluding carboxylic acids is 2. The van der Waals surface area contributed by atoms with Gasteiger partial charge in [-0.25, -0.2) is 18.2 Å². The van der Waals surface area contributed by atoms with Gasteiger partial charge >= 0.3 is 5.69 Å². The first kappa shape index (κ1) is 22.4. The molecule has 0 bridgehead atoms. The van der Waals surface area contributed by atoms with E-state index in [1.165, 1.54) is 34.9 Å². The van der Waals surface area contributed by atoms with E-state index < -0.39 is 32.9 Å². The highest BCUT2D eigenvalue weighted by atomic mass is 32.2. The lowest BCUT2D eigenvalue weighted by Crippen LogP contribution is -2.42. The third-order valence-corrected chi connectivity index (χ3v) is 6.49. The lowest BCUT2D eigenvalue weighted by molar-refractivity contribution is 0.0847. The van der Waals surface area contributed by atoms with Crippen LogP contribution in [0, 0.1) is 0 Å². The molecule has 1 aromatic carbocycles. The molecular formula is C21H21N5O6S. The molecule has 2 amide bonds. The molecular weight excluding hydrogens is 450 g/mol. The summed E-state index contributed by atoms with van der Waals surface area (Å²) in [5.41, 5.74) is 3.99. The minimum absolute atomic E-state index is 0.0157. The maximum atomic E-state index is 12.9. The van der Waals surface area contributed by atoms with Crippen molar-refractivity contribution in [2.45, 2.75) is 37.1 Å². The van der Waals surface area contributed by atoms with E-state index in [1.54, 1.807) is 6.92 Å². The summed E-state index contributed by atoms with van der Waals surface area (Å²) in [6.45, 7) is 1.97. The van der Waals surface area contributed by atoms with Crippen LogP contribution < -0.4 is 22.1 Å². The van der Waals surface area contributed by atoms with E-state index >= 15 is 0 Å². The monoisotopic (exact) mass is 471 g/mol. The quantitative estimate of drug-likeness (QED) is 0.456. The molecule has 33 heavy (non-hydrogen) atoms. The van der Waals surface area contributed by atoms with E-state index in [0.29, 0.717) is 5.69 Å². The summed E-state index contributed by atoms with van der Waals surface area (Å²) in [7, 11) is -3.41. The fourth-order valence-corrected chi connectivity index (χ4v) is 4.09. The molecule has 0 radical (unpaired) electrons. The van der Waals surface area contributed by atoms with Crippen molar-refractivity contribution in [2.24, 2.45) is 0 Å². The first-order valence-electron chi connectivity index (χ1n) is 10.2. The average Bonchev–Trinajstić information content (AvgIpc) is 3.61. The Hall–Kier alpha value is -3.80. The fraction of sp³-hybridized carbons (Fsp3) is 0.286. The van der Waals surface area contributed by atoms with Crippen LogP contribution >= 0.6 is 0 Å². The Kier molecular flexibility index (Phi) is 5.62. The molecule has 11 nitrogen and oxygen atoms in total. The first-order chi connectivity index (χ1) is 15.6. The molecule has 3 N–H and O–H groups in total. The van der Waals surface area contributed by atoms with Gasteiger partial charge in [-0.2, -0.15) is 0 Å². The van der Waals surface area contributed by atoms with Crippen LogP contribution in [0.5, 0.6) is 0 Å². The van der Waals surface area contributed by atoms with Crippen molar-refractivity contribution in [3.05, 3.63) is 68.0 Å². The summed E-state index contributed by atoms with van der Waals surface area (Å²) < 4.78 is 24.4. The number of pyridine rings is 1. The van der Waals surface area contributed by atoms with Crippen molar-refractivity contribution in [1.82, 2.24) is 25.4 Å². The van der Waals surface area contributed by atoms with Crippen molar-refractivity contribution < 1.29 is 18.0 Å². The Morgan fingerprint density at radius 1 is 1.12 bits per heavy atom. The maximum absolute atomic E-state index is 12.9. The van der Waals surface area contributed by atoms with E-state index in [-0.39, 0.29) is 39.5 Å². The van der Waals surface area contributed by atoms with E-state index in [1.807, 2.05) is 0 Å². The van der Waals surface area contributed by atoms with Gasteiger partial charge in [-0.3, -0.25) is 34.8 Å². The van der Waals surface area contributed by atoms with Crippen molar-refractivity contribution in [3.63, 3.8) is 0 Å². The summed E-state index contributed by atoms with van der Waals surface area (Å²) in [5.74, 6) is -1.29. The summed E-state index contributed by atoms with van der Waals surface area (Å²) in [5, 5.41) is -0.0508. The molecule has 1 fully saturated rings. The molecule has 1 aliphatic carbocycles. The molecule has 4 rings (SSSR count). The molecule has 1 aliphatic rings. The van der Waals surface area contributed by atoms with Gasteiger partial charge < -0.3 is 0 Å². The molecule has 0 unspecified atom stereocenters. The van der Waals surface area contributed by atoms with Gasteiger partial charge in [0, 0.05) is 30.0 Å². The van der Waals surface area contributed by atoms with Gasteiger partial charge in [0.1, 0.15) is 0 Å². The molecule has 0 saturated heterocycles. The average molecular weight is 471 g/mol. The second-order valence-corrected chi connectivity index (χ2v) is 9.79. The zero-order chi connectivity index (χ0) is 23.9. The summed E-state index contributed by atoms with van der Waals surface area (Å²) in [6, 6.07) is 6.70. The number of aromatic amines is 1. The highest BCUT2D eigenvalue weighted by molar-refractivity contribution is 7.90. The zero-order valence-electron chi connectivity index (χ0n) is 17.8. The van der Waals surface area contributed by atoms with Crippen molar-refractivity contribution in [2.75, 3.05) is 6.26 Å². The topological polar surface area (TPSA) is 160 Å². The number of aromatic nitrogens is 3. The number of hydrazine groups is 1. The van der Waals surface area contributed by atoms with Crippen LogP contribution in [0.4, 0.5) is 0 Å². The summed E-state index contributed by atoms with van der Waals surface area (Å²) >= 11 is 0. The van der Waals surface area contributed by atoms with Crippen LogP contribution in [0.3, 0.4) is 0 Å². The van der Waals surface area contributed by atoms with Crippen LogP contribution in [0.1, 0.15) is 52.1 Å². The molecule has 3 aromatic rings. The third kappa shape index (κ3) is 4.42. The molecule has 0 atom stereocenters. The van der Waals surface area contributed by atoms with Gasteiger partial charge in [0.2, 0.25) is 0 Å². The highest BCUT2D eigenvalue weighted by Gasteiger charge is 2.28. The van der Waals surface area contributed by atoms with Crippen molar-refractivity contribution in [3.8, 4) is 0 Å². The third-order valence-electron chi connectivity index (χ3n) is 5.36. The SMILES string of the molecule is CCn1c(=O)[nH]c(=O)c2c(C(=O)NNC(=O)c3ccc(S(C)(=O)=O)cc3)cc(C3CC3)nc21. The van der Waals surface area contributed by atoms with Gasteiger partial charge in [0.15, 0.2) is 15.5 Å². The van der Waals surface area contributed by atoms with Crippen molar-refractivity contribution >= 4 is 32.7 Å². The number of sulfone groups is 1. The number of nitrogens with zero attached hydrogens (tertiary/aromatic N) is 2. The number of amides is 2. The van der Waals surface area contributed by atoms with Gasteiger partial charge in [0.05, 0.1) is 15.8 Å². The standard InChI is InChI=1S/C21H21N5O6S/c1-3-26-17-16(20(29)23-21(26)30)14(10-15(22-17)11-4-5-11)19(28)25-24-18(27)12-6-8-13(9-7-12)33(2,31)32/h6-11H,3-5H2,1-2H3,(H,24,27)(H,25,28)(H,23,29,30). The van der Waals surface area contributed by atoms with Crippen LogP contribution in [-0.2, 0) is 16.4 Å². The molecule has 0 spiro atoms. The molecule has 12 heteroatoms. The zero-order valence-corrected chi connectivity index (χ0v) is 18.7. The number of hydrogen-bond acceptors (Lipinski definition) is 7. The normalized spacial score (nSPS) is 13.6. The first-order valence-corrected chi connectivity index (χ1v) is 12.1. The van der Waals surface area contributed by atoms with Gasteiger partial charge in [-0.05, 0) is 50.1 Å². The van der Waals surface area contributed by atoms with Crippen LogP contribution in [-0.4, -0.2) is 41.0 Å². The fourth-order valence-electron chi connectivity index (χ4n) is 3.46. The minimum Gasteiger partial charge on any atom is -0.278 e. The van der Waals surface area contributed by atoms with Crippen molar-refractivity contribution in [1.29, 1.82) is 0 Å². The Morgan fingerprint density at radius 2 is 1.76 bits per heavy atom. The van der Waals surface area contributed by atoms with Gasteiger partial charge in [-0.1, -0.05) is 0 Å². The summed E-state index contributed by atoms with van der Waals surface area (Å²) in [4.78, 5) is 56.8. The van der Waals surface area contributed by atoms with E-state index in [4.69, 9.17) is 0 Å². The lowest BCUT2D eigenvalue weighted by Gasteiger charge is -2.13. The predicted octanol–water partition coefficient (Wildman–Crippen LogP) is 0.460. The predicted molar refractivity (Wildman–Crippen MR) is 119 cm³/mol. The van der Waals surface area contributed by atoms with E-state index in [9.17, 15) is 27.6 Å². The number of benzene rings is 1. The van der Waals surface area contributed by atoms with Crippen LogP contribution in [0.25, 0.3) is 11.0 Å². The number of nitrogens with one attached hydrogen (secondary N) is 3.